The third-order valence-corrected chi connectivity index (χ3v) is 1.87. The van der Waals surface area contributed by atoms with Crippen molar-refractivity contribution in [2.75, 3.05) is 14.2 Å². The van der Waals surface area contributed by atoms with Gasteiger partial charge in [0.25, 0.3) is 0 Å². The lowest BCUT2D eigenvalue weighted by Crippen LogP contribution is -2.03. The molecule has 0 bridgehead atoms. The molecule has 1 N–H and O–H groups in total. The molecule has 0 atom stereocenters. The lowest BCUT2D eigenvalue weighted by molar-refractivity contribution is -0.107. The summed E-state index contributed by atoms with van der Waals surface area (Å²) in [6.07, 6.45) is -0.499. The van der Waals surface area contributed by atoms with Crippen LogP contribution in [0.5, 0.6) is 5.75 Å². The van der Waals surface area contributed by atoms with E-state index >= 15 is 0 Å². The number of aryl methyl sites for hydroxylation is 1. The number of rotatable bonds is 3. The Labute approximate surface area is 77.9 Å². The smallest absolute Gasteiger partial charge is 0.186 e. The molecule has 0 heterocycles. The quantitative estimate of drug-likeness (QED) is 0.726. The van der Waals surface area contributed by atoms with Crippen molar-refractivity contribution >= 4 is 0 Å². The summed E-state index contributed by atoms with van der Waals surface area (Å²) in [5.74, 6) is 0.203. The van der Waals surface area contributed by atoms with Crippen molar-refractivity contribution in [1.29, 1.82) is 0 Å². The second-order valence-electron chi connectivity index (χ2n) is 2.87. The monoisotopic (exact) mass is 182 g/mol. The highest BCUT2D eigenvalue weighted by Crippen LogP contribution is 2.27. The van der Waals surface area contributed by atoms with E-state index in [0.717, 1.165) is 5.56 Å². The molecule has 0 saturated heterocycles. The Morgan fingerprint density at radius 1 is 1.23 bits per heavy atom. The highest BCUT2D eigenvalue weighted by atomic mass is 16.7. The minimum Gasteiger partial charge on any atom is -0.507 e. The Hall–Kier alpha value is -1.06. The summed E-state index contributed by atoms with van der Waals surface area (Å²) >= 11 is 0. The molecule has 0 aliphatic rings. The maximum Gasteiger partial charge on any atom is 0.186 e. The van der Waals surface area contributed by atoms with Gasteiger partial charge >= 0.3 is 0 Å². The lowest BCUT2D eigenvalue weighted by Gasteiger charge is -2.15. The van der Waals surface area contributed by atoms with Crippen LogP contribution < -0.4 is 0 Å². The van der Waals surface area contributed by atoms with Crippen molar-refractivity contribution in [2.24, 2.45) is 0 Å². The van der Waals surface area contributed by atoms with Crippen molar-refractivity contribution in [3.05, 3.63) is 29.3 Å². The van der Waals surface area contributed by atoms with Gasteiger partial charge in [-0.3, -0.25) is 0 Å². The van der Waals surface area contributed by atoms with E-state index in [1.807, 2.05) is 13.0 Å². The first-order valence-electron chi connectivity index (χ1n) is 4.04. The van der Waals surface area contributed by atoms with Crippen LogP contribution in [-0.4, -0.2) is 19.3 Å². The van der Waals surface area contributed by atoms with Gasteiger partial charge in [0.05, 0.1) is 0 Å². The topological polar surface area (TPSA) is 38.7 Å². The second kappa shape index (κ2) is 4.25. The number of hydrogen-bond acceptors (Lipinski definition) is 3. The first kappa shape index (κ1) is 10.0. The molecule has 0 radical (unpaired) electrons. The van der Waals surface area contributed by atoms with Gasteiger partial charge in [-0.1, -0.05) is 6.07 Å². The third kappa shape index (κ3) is 2.20. The molecule has 0 aliphatic heterocycles. The standard InChI is InChI=1S/C10H14O3/c1-7-4-5-8(9(11)6-7)10(12-2)13-3/h4-6,10-11H,1-3H3. The SMILES string of the molecule is COC(OC)c1ccc(C)cc1O. The van der Waals surface area contributed by atoms with Gasteiger partial charge in [-0.05, 0) is 24.6 Å². The Kier molecular flexibility index (Phi) is 3.28. The highest BCUT2D eigenvalue weighted by molar-refractivity contribution is 5.36. The van der Waals surface area contributed by atoms with E-state index in [-0.39, 0.29) is 5.75 Å². The number of phenolic OH excluding ortho intramolecular Hbond substituents is 1. The van der Waals surface area contributed by atoms with E-state index < -0.39 is 6.29 Å². The zero-order valence-electron chi connectivity index (χ0n) is 8.07. The van der Waals surface area contributed by atoms with E-state index in [9.17, 15) is 5.11 Å². The number of methoxy groups -OCH3 is 2. The van der Waals surface area contributed by atoms with Gasteiger partial charge in [0.15, 0.2) is 6.29 Å². The van der Waals surface area contributed by atoms with Crippen molar-refractivity contribution in [1.82, 2.24) is 0 Å². The van der Waals surface area contributed by atoms with Crippen LogP contribution in [0.25, 0.3) is 0 Å². The maximum absolute atomic E-state index is 9.56. The molecular formula is C10H14O3. The van der Waals surface area contributed by atoms with Gasteiger partial charge in [0.1, 0.15) is 5.75 Å². The summed E-state index contributed by atoms with van der Waals surface area (Å²) < 4.78 is 10.0. The van der Waals surface area contributed by atoms with Crippen LogP contribution in [0, 0.1) is 6.92 Å². The van der Waals surface area contributed by atoms with E-state index in [1.54, 1.807) is 12.1 Å². The number of hydrogen-bond donors (Lipinski definition) is 1. The van der Waals surface area contributed by atoms with Crippen LogP contribution in [0.2, 0.25) is 0 Å². The zero-order chi connectivity index (χ0) is 9.84. The van der Waals surface area contributed by atoms with Crippen LogP contribution in [0.15, 0.2) is 18.2 Å². The minimum atomic E-state index is -0.499. The summed E-state index contributed by atoms with van der Waals surface area (Å²) in [6, 6.07) is 5.38. The second-order valence-corrected chi connectivity index (χ2v) is 2.87. The molecule has 0 unspecified atom stereocenters. The zero-order valence-corrected chi connectivity index (χ0v) is 8.07. The average molecular weight is 182 g/mol. The first-order chi connectivity index (χ1) is 6.19. The molecular weight excluding hydrogens is 168 g/mol. The van der Waals surface area contributed by atoms with Crippen LogP contribution in [0.3, 0.4) is 0 Å². The Morgan fingerprint density at radius 2 is 1.85 bits per heavy atom. The summed E-state index contributed by atoms with van der Waals surface area (Å²) in [5.41, 5.74) is 1.66. The van der Waals surface area contributed by atoms with Crippen LogP contribution in [-0.2, 0) is 9.47 Å². The van der Waals surface area contributed by atoms with Crippen LogP contribution in [0.1, 0.15) is 17.4 Å². The first-order valence-corrected chi connectivity index (χ1v) is 4.04. The van der Waals surface area contributed by atoms with Gasteiger partial charge in [-0.15, -0.1) is 0 Å². The molecule has 1 aromatic carbocycles. The third-order valence-electron chi connectivity index (χ3n) is 1.87. The molecule has 3 heteroatoms. The average Bonchev–Trinajstić information content (AvgIpc) is 2.10. The Balaban J connectivity index is 2.99. The molecule has 0 saturated carbocycles. The van der Waals surface area contributed by atoms with E-state index in [0.29, 0.717) is 5.56 Å². The Bertz CT molecular complexity index is 279. The van der Waals surface area contributed by atoms with Crippen molar-refractivity contribution in [3.8, 4) is 5.75 Å². The summed E-state index contributed by atoms with van der Waals surface area (Å²) in [4.78, 5) is 0. The minimum absolute atomic E-state index is 0.203. The molecule has 72 valence electrons. The van der Waals surface area contributed by atoms with Crippen molar-refractivity contribution < 1.29 is 14.6 Å². The summed E-state index contributed by atoms with van der Waals surface area (Å²) in [7, 11) is 3.07. The predicted molar refractivity (Wildman–Crippen MR) is 49.6 cm³/mol. The van der Waals surface area contributed by atoms with E-state index in [1.165, 1.54) is 14.2 Å². The van der Waals surface area contributed by atoms with Gasteiger partial charge in [0.2, 0.25) is 0 Å². The number of aromatic hydroxyl groups is 1. The fourth-order valence-electron chi connectivity index (χ4n) is 1.20. The molecule has 1 rings (SSSR count). The molecule has 0 aromatic heterocycles. The van der Waals surface area contributed by atoms with Crippen LogP contribution in [0.4, 0.5) is 0 Å². The van der Waals surface area contributed by atoms with E-state index in [4.69, 9.17) is 9.47 Å². The van der Waals surface area contributed by atoms with Gasteiger partial charge in [0, 0.05) is 19.8 Å². The normalized spacial score (nSPS) is 10.8. The Morgan fingerprint density at radius 3 is 2.31 bits per heavy atom. The molecule has 0 aliphatic carbocycles. The van der Waals surface area contributed by atoms with Crippen molar-refractivity contribution in [3.63, 3.8) is 0 Å². The number of benzene rings is 1. The van der Waals surface area contributed by atoms with Crippen LogP contribution >= 0.6 is 0 Å². The maximum atomic E-state index is 9.56. The predicted octanol–water partition coefficient (Wildman–Crippen LogP) is 1.99. The largest absolute Gasteiger partial charge is 0.507 e. The molecule has 13 heavy (non-hydrogen) atoms. The fraction of sp³-hybridized carbons (Fsp3) is 0.400. The molecule has 3 nitrogen and oxygen atoms in total. The fourth-order valence-corrected chi connectivity index (χ4v) is 1.20. The van der Waals surface area contributed by atoms with Gasteiger partial charge in [-0.2, -0.15) is 0 Å². The number of ether oxygens (including phenoxy) is 2. The van der Waals surface area contributed by atoms with Gasteiger partial charge < -0.3 is 14.6 Å². The summed E-state index contributed by atoms with van der Waals surface area (Å²) in [6.45, 7) is 1.91. The lowest BCUT2D eigenvalue weighted by atomic mass is 10.1. The molecule has 0 fully saturated rings. The van der Waals surface area contributed by atoms with Gasteiger partial charge in [-0.25, -0.2) is 0 Å². The molecule has 0 amide bonds. The molecule has 1 aromatic rings. The highest BCUT2D eigenvalue weighted by Gasteiger charge is 2.12. The van der Waals surface area contributed by atoms with E-state index in [2.05, 4.69) is 0 Å². The number of phenols is 1. The summed E-state index contributed by atoms with van der Waals surface area (Å²) in [5, 5.41) is 9.56. The van der Waals surface area contributed by atoms with Crippen molar-refractivity contribution in [2.45, 2.75) is 13.2 Å². The molecule has 0 spiro atoms.